The van der Waals surface area contributed by atoms with Gasteiger partial charge in [-0.05, 0) is 30.3 Å². The van der Waals surface area contributed by atoms with E-state index in [0.29, 0.717) is 21.5 Å². The van der Waals surface area contributed by atoms with Crippen molar-refractivity contribution < 1.29 is 14.3 Å². The average molecular weight is 347 g/mol. The molecule has 0 saturated carbocycles. The number of carbonyl (C=O) groups excluding carboxylic acids is 1. The first-order valence-corrected chi connectivity index (χ1v) is 7.58. The molecule has 5 heteroatoms. The van der Waals surface area contributed by atoms with Gasteiger partial charge in [0.1, 0.15) is 17.1 Å². The molecule has 0 aromatic heterocycles. The second-order valence-electron chi connectivity index (χ2n) is 4.83. The Morgan fingerprint density at radius 2 is 1.61 bits per heavy atom. The van der Waals surface area contributed by atoms with E-state index in [0.717, 1.165) is 10.8 Å². The Labute approximate surface area is 143 Å². The van der Waals surface area contributed by atoms with E-state index in [1.54, 1.807) is 24.3 Å². The largest absolute Gasteiger partial charge is 0.496 e. The lowest BCUT2D eigenvalue weighted by Crippen LogP contribution is -2.10. The van der Waals surface area contributed by atoms with Crippen molar-refractivity contribution in [2.24, 2.45) is 0 Å². The minimum atomic E-state index is -0.545. The molecule has 3 aromatic carbocycles. The summed E-state index contributed by atoms with van der Waals surface area (Å²) in [7, 11) is 1.48. The van der Waals surface area contributed by atoms with Crippen molar-refractivity contribution >= 4 is 39.9 Å². The summed E-state index contributed by atoms with van der Waals surface area (Å²) in [5.74, 6) is 0.284. The van der Waals surface area contributed by atoms with Crippen LogP contribution in [-0.4, -0.2) is 13.1 Å². The van der Waals surface area contributed by atoms with Crippen LogP contribution in [0.1, 0.15) is 10.4 Å². The van der Waals surface area contributed by atoms with Crippen LogP contribution in [-0.2, 0) is 0 Å². The monoisotopic (exact) mass is 346 g/mol. The molecule has 0 bridgehead atoms. The van der Waals surface area contributed by atoms with Crippen LogP contribution in [0.2, 0.25) is 10.0 Å². The number of benzene rings is 3. The third-order valence-corrected chi connectivity index (χ3v) is 3.98. The highest BCUT2D eigenvalue weighted by Crippen LogP contribution is 2.32. The maximum Gasteiger partial charge on any atom is 0.347 e. The van der Waals surface area contributed by atoms with Gasteiger partial charge in [0.2, 0.25) is 0 Å². The van der Waals surface area contributed by atoms with Crippen molar-refractivity contribution in [3.8, 4) is 11.5 Å². The molecule has 0 atom stereocenters. The van der Waals surface area contributed by atoms with Gasteiger partial charge in [-0.2, -0.15) is 0 Å². The van der Waals surface area contributed by atoms with Crippen LogP contribution < -0.4 is 9.47 Å². The molecule has 116 valence electrons. The van der Waals surface area contributed by atoms with Gasteiger partial charge in [-0.1, -0.05) is 47.5 Å². The van der Waals surface area contributed by atoms with Crippen LogP contribution in [0.15, 0.2) is 54.6 Å². The molecule has 3 rings (SSSR count). The first-order chi connectivity index (χ1) is 11.1. The van der Waals surface area contributed by atoms with Crippen molar-refractivity contribution in [2.75, 3.05) is 7.11 Å². The summed E-state index contributed by atoms with van der Waals surface area (Å²) in [5.41, 5.74) is 0.263. The molecule has 0 heterocycles. The van der Waals surface area contributed by atoms with Gasteiger partial charge in [0.15, 0.2) is 0 Å². The van der Waals surface area contributed by atoms with Crippen LogP contribution >= 0.6 is 23.2 Å². The predicted molar refractivity (Wildman–Crippen MR) is 91.9 cm³/mol. The minimum absolute atomic E-state index is 0.263. The smallest absolute Gasteiger partial charge is 0.347 e. The lowest BCUT2D eigenvalue weighted by Gasteiger charge is -2.11. The number of hydrogen-bond donors (Lipinski definition) is 0. The van der Waals surface area contributed by atoms with Crippen molar-refractivity contribution in [1.82, 2.24) is 0 Å². The van der Waals surface area contributed by atoms with Gasteiger partial charge in [0.05, 0.1) is 7.11 Å². The summed E-state index contributed by atoms with van der Waals surface area (Å²) >= 11 is 12.1. The van der Waals surface area contributed by atoms with Crippen LogP contribution in [0, 0.1) is 0 Å². The van der Waals surface area contributed by atoms with Crippen molar-refractivity contribution in [3.05, 3.63) is 70.2 Å². The molecule has 0 spiro atoms. The molecule has 0 aliphatic heterocycles. The number of rotatable bonds is 3. The number of halogens is 2. The zero-order valence-corrected chi connectivity index (χ0v) is 13.7. The average Bonchev–Trinajstić information content (AvgIpc) is 2.57. The maximum atomic E-state index is 12.5. The quantitative estimate of drug-likeness (QED) is 0.472. The van der Waals surface area contributed by atoms with Gasteiger partial charge in [-0.3, -0.25) is 0 Å². The van der Waals surface area contributed by atoms with Gasteiger partial charge in [0, 0.05) is 20.8 Å². The molecule has 0 unspecified atom stereocenters. The summed E-state index contributed by atoms with van der Waals surface area (Å²) in [5, 5.41) is 2.60. The van der Waals surface area contributed by atoms with Crippen LogP contribution in [0.5, 0.6) is 11.5 Å². The fourth-order valence-corrected chi connectivity index (χ4v) is 2.72. The molecule has 0 saturated heterocycles. The van der Waals surface area contributed by atoms with Crippen molar-refractivity contribution in [1.29, 1.82) is 0 Å². The fourth-order valence-electron chi connectivity index (χ4n) is 2.32. The van der Waals surface area contributed by atoms with Gasteiger partial charge in [-0.25, -0.2) is 4.79 Å². The highest BCUT2D eigenvalue weighted by Gasteiger charge is 2.17. The predicted octanol–water partition coefficient (Wildman–Crippen LogP) is 5.37. The number of ether oxygens (including phenoxy) is 2. The Balaban J connectivity index is 2.01. The summed E-state index contributed by atoms with van der Waals surface area (Å²) < 4.78 is 10.7. The zero-order valence-electron chi connectivity index (χ0n) is 12.2. The van der Waals surface area contributed by atoms with Gasteiger partial charge in [-0.15, -0.1) is 0 Å². The second kappa shape index (κ2) is 6.49. The number of esters is 1. The van der Waals surface area contributed by atoms with E-state index in [1.807, 2.05) is 24.3 Å². The first kappa shape index (κ1) is 15.7. The number of carbonyl (C=O) groups is 1. The molecular formula is C18H12Cl2O3. The normalized spacial score (nSPS) is 10.6. The zero-order chi connectivity index (χ0) is 16.4. The Bertz CT molecular complexity index is 891. The first-order valence-electron chi connectivity index (χ1n) is 6.83. The van der Waals surface area contributed by atoms with E-state index in [4.69, 9.17) is 32.7 Å². The van der Waals surface area contributed by atoms with E-state index in [1.165, 1.54) is 13.2 Å². The van der Waals surface area contributed by atoms with E-state index < -0.39 is 5.97 Å². The van der Waals surface area contributed by atoms with E-state index in [2.05, 4.69) is 0 Å². The van der Waals surface area contributed by atoms with E-state index >= 15 is 0 Å². The van der Waals surface area contributed by atoms with Crippen molar-refractivity contribution in [3.63, 3.8) is 0 Å². The summed E-state index contributed by atoms with van der Waals surface area (Å²) in [4.78, 5) is 12.5. The lowest BCUT2D eigenvalue weighted by molar-refractivity contribution is 0.0733. The van der Waals surface area contributed by atoms with Gasteiger partial charge in [0.25, 0.3) is 0 Å². The SMILES string of the molecule is COc1ccc(Cl)cc1C(=O)Oc1ccc(Cl)c2ccccc12. The van der Waals surface area contributed by atoms with E-state index in [9.17, 15) is 4.79 Å². The third-order valence-electron chi connectivity index (χ3n) is 3.41. The highest BCUT2D eigenvalue weighted by atomic mass is 35.5. The molecule has 0 aliphatic carbocycles. The van der Waals surface area contributed by atoms with Crippen LogP contribution in [0.4, 0.5) is 0 Å². The Morgan fingerprint density at radius 3 is 2.35 bits per heavy atom. The number of fused-ring (bicyclic) bond motifs is 1. The summed E-state index contributed by atoms with van der Waals surface area (Å²) in [6.07, 6.45) is 0. The molecule has 3 nitrogen and oxygen atoms in total. The molecule has 3 aromatic rings. The third kappa shape index (κ3) is 3.11. The maximum absolute atomic E-state index is 12.5. The minimum Gasteiger partial charge on any atom is -0.496 e. The second-order valence-corrected chi connectivity index (χ2v) is 5.67. The molecule has 0 aliphatic rings. The summed E-state index contributed by atoms with van der Waals surface area (Å²) in [6.45, 7) is 0. The standard InChI is InChI=1S/C18H12Cl2O3/c1-22-16-8-6-11(19)10-14(16)18(21)23-17-9-7-15(20)12-4-2-3-5-13(12)17/h2-10H,1H3. The molecule has 23 heavy (non-hydrogen) atoms. The van der Waals surface area contributed by atoms with E-state index in [-0.39, 0.29) is 5.56 Å². The fraction of sp³-hybridized carbons (Fsp3) is 0.0556. The van der Waals surface area contributed by atoms with Crippen LogP contribution in [0.25, 0.3) is 10.8 Å². The highest BCUT2D eigenvalue weighted by molar-refractivity contribution is 6.35. The topological polar surface area (TPSA) is 35.5 Å². The molecular weight excluding hydrogens is 335 g/mol. The summed E-state index contributed by atoms with van der Waals surface area (Å²) in [6, 6.07) is 15.6. The molecule has 0 amide bonds. The number of methoxy groups -OCH3 is 1. The lowest BCUT2D eigenvalue weighted by atomic mass is 10.1. The number of hydrogen-bond acceptors (Lipinski definition) is 3. The van der Waals surface area contributed by atoms with Crippen molar-refractivity contribution in [2.45, 2.75) is 0 Å². The Morgan fingerprint density at radius 1 is 0.913 bits per heavy atom. The Kier molecular flexibility index (Phi) is 4.42. The van der Waals surface area contributed by atoms with Gasteiger partial charge >= 0.3 is 5.97 Å². The Hall–Kier alpha value is -2.23. The molecule has 0 radical (unpaired) electrons. The molecule has 0 fully saturated rings. The van der Waals surface area contributed by atoms with Gasteiger partial charge < -0.3 is 9.47 Å². The molecule has 0 N–H and O–H groups in total. The van der Waals surface area contributed by atoms with Crippen LogP contribution in [0.3, 0.4) is 0 Å².